The predicted molar refractivity (Wildman–Crippen MR) is 55.2 cm³/mol. The van der Waals surface area contributed by atoms with Crippen LogP contribution in [-0.4, -0.2) is 11.3 Å². The Balaban J connectivity index is 3.38. The highest BCUT2D eigenvalue weighted by molar-refractivity contribution is 9.10. The zero-order valence-corrected chi connectivity index (χ0v) is 8.82. The maximum atomic E-state index is 10.5. The molecular formula is C8H4BrN3O3. The Morgan fingerprint density at radius 2 is 2.27 bits per heavy atom. The third kappa shape index (κ3) is 2.30. The second kappa shape index (κ2) is 4.52. The second-order valence-corrected chi connectivity index (χ2v) is 3.34. The Morgan fingerprint density at radius 1 is 1.60 bits per heavy atom. The van der Waals surface area contributed by atoms with Crippen molar-refractivity contribution in [2.24, 2.45) is 0 Å². The smallest absolute Gasteiger partial charge is 0.272 e. The molecule has 1 amide bonds. The molecule has 1 aromatic carbocycles. The summed E-state index contributed by atoms with van der Waals surface area (Å²) in [7, 11) is 0. The van der Waals surface area contributed by atoms with Crippen molar-refractivity contribution in [2.45, 2.75) is 0 Å². The average Bonchev–Trinajstić information content (AvgIpc) is 2.20. The van der Waals surface area contributed by atoms with Gasteiger partial charge < -0.3 is 5.32 Å². The van der Waals surface area contributed by atoms with Crippen molar-refractivity contribution >= 4 is 33.7 Å². The lowest BCUT2D eigenvalue weighted by Crippen LogP contribution is -1.99. The number of carbonyl (C=O) groups excluding carboxylic acids is 1. The third-order valence-electron chi connectivity index (χ3n) is 1.61. The number of benzene rings is 1. The number of hydrogen-bond acceptors (Lipinski definition) is 4. The van der Waals surface area contributed by atoms with Gasteiger partial charge in [-0.05, 0) is 15.9 Å². The highest BCUT2D eigenvalue weighted by atomic mass is 79.9. The van der Waals surface area contributed by atoms with Crippen molar-refractivity contribution < 1.29 is 9.72 Å². The van der Waals surface area contributed by atoms with Gasteiger partial charge in [0.2, 0.25) is 6.41 Å². The Bertz CT molecular complexity index is 467. The largest absolute Gasteiger partial charge is 0.327 e. The molecular weight excluding hydrogens is 266 g/mol. The number of halogens is 1. The van der Waals surface area contributed by atoms with Crippen LogP contribution in [0.2, 0.25) is 0 Å². The minimum absolute atomic E-state index is 0.0307. The fraction of sp³-hybridized carbons (Fsp3) is 0. The monoisotopic (exact) mass is 269 g/mol. The normalized spacial score (nSPS) is 9.07. The molecule has 0 unspecified atom stereocenters. The number of carbonyl (C=O) groups is 1. The van der Waals surface area contributed by atoms with Crippen LogP contribution in [0, 0.1) is 21.4 Å². The van der Waals surface area contributed by atoms with Crippen molar-refractivity contribution in [2.75, 3.05) is 5.32 Å². The fourth-order valence-electron chi connectivity index (χ4n) is 0.992. The number of nitriles is 1. The molecule has 0 atom stereocenters. The molecule has 76 valence electrons. The lowest BCUT2D eigenvalue weighted by molar-refractivity contribution is -0.384. The second-order valence-electron chi connectivity index (χ2n) is 2.48. The molecule has 1 aromatic rings. The topological polar surface area (TPSA) is 96.0 Å². The molecule has 0 saturated heterocycles. The summed E-state index contributed by atoms with van der Waals surface area (Å²) in [6, 6.07) is 4.07. The summed E-state index contributed by atoms with van der Waals surface area (Å²) in [5.74, 6) is 0. The Hall–Kier alpha value is -1.94. The van der Waals surface area contributed by atoms with Crippen molar-refractivity contribution in [3.63, 3.8) is 0 Å². The maximum absolute atomic E-state index is 10.5. The molecule has 0 spiro atoms. The zero-order chi connectivity index (χ0) is 11.4. The van der Waals surface area contributed by atoms with Crippen LogP contribution in [0.5, 0.6) is 0 Å². The molecule has 1 rings (SSSR count). The molecule has 15 heavy (non-hydrogen) atoms. The number of rotatable bonds is 3. The summed E-state index contributed by atoms with van der Waals surface area (Å²) in [5.41, 5.74) is 0.0381. The molecule has 0 fully saturated rings. The predicted octanol–water partition coefficient (Wildman–Crippen LogP) is 1.80. The minimum Gasteiger partial charge on any atom is -0.327 e. The molecule has 0 aromatic heterocycles. The maximum Gasteiger partial charge on any atom is 0.272 e. The van der Waals surface area contributed by atoms with Crippen molar-refractivity contribution in [3.05, 3.63) is 32.3 Å². The first-order valence-corrected chi connectivity index (χ1v) is 4.47. The molecule has 0 aliphatic heterocycles. The molecule has 7 heteroatoms. The van der Waals surface area contributed by atoms with Gasteiger partial charge in [0.1, 0.15) is 6.07 Å². The van der Waals surface area contributed by atoms with Gasteiger partial charge in [-0.1, -0.05) is 0 Å². The summed E-state index contributed by atoms with van der Waals surface area (Å²) in [5, 5.41) is 21.5. The Morgan fingerprint density at radius 3 is 2.73 bits per heavy atom. The van der Waals surface area contributed by atoms with E-state index in [1.165, 1.54) is 6.07 Å². The Labute approximate surface area is 92.8 Å². The van der Waals surface area contributed by atoms with E-state index >= 15 is 0 Å². The van der Waals surface area contributed by atoms with Crippen LogP contribution in [-0.2, 0) is 4.79 Å². The molecule has 0 saturated carbocycles. The molecule has 0 aliphatic rings. The van der Waals surface area contributed by atoms with Crippen LogP contribution < -0.4 is 5.32 Å². The fourth-order valence-corrected chi connectivity index (χ4v) is 1.55. The van der Waals surface area contributed by atoms with E-state index in [1.807, 2.05) is 0 Å². The molecule has 0 bridgehead atoms. The van der Waals surface area contributed by atoms with E-state index in [-0.39, 0.29) is 16.9 Å². The standard InChI is InChI=1S/C8H4BrN3O3/c9-7-2-6(12(14)15)1-5(3-10)8(7)11-4-13/h1-2,4H,(H,11,13). The van der Waals surface area contributed by atoms with E-state index < -0.39 is 4.92 Å². The lowest BCUT2D eigenvalue weighted by Gasteiger charge is -2.04. The SMILES string of the molecule is N#Cc1cc([N+](=O)[O-])cc(Br)c1NC=O. The average molecular weight is 270 g/mol. The van der Waals surface area contributed by atoms with Crippen LogP contribution >= 0.6 is 15.9 Å². The van der Waals surface area contributed by atoms with E-state index in [1.54, 1.807) is 6.07 Å². The van der Waals surface area contributed by atoms with Gasteiger partial charge in [-0.3, -0.25) is 14.9 Å². The number of nitrogens with zero attached hydrogens (tertiary/aromatic N) is 2. The van der Waals surface area contributed by atoms with Gasteiger partial charge in [0.05, 0.1) is 16.2 Å². The van der Waals surface area contributed by atoms with Crippen LogP contribution in [0.3, 0.4) is 0 Å². The number of hydrogen-bond donors (Lipinski definition) is 1. The molecule has 0 radical (unpaired) electrons. The first kappa shape index (κ1) is 11.1. The summed E-state index contributed by atoms with van der Waals surface area (Å²) in [4.78, 5) is 20.1. The number of amides is 1. The van der Waals surface area contributed by atoms with E-state index in [9.17, 15) is 14.9 Å². The van der Waals surface area contributed by atoms with Gasteiger partial charge in [0, 0.05) is 16.6 Å². The first-order chi connectivity index (χ1) is 7.10. The molecule has 6 nitrogen and oxygen atoms in total. The van der Waals surface area contributed by atoms with E-state index in [2.05, 4.69) is 21.2 Å². The number of nitro benzene ring substituents is 1. The number of nitro groups is 1. The number of nitrogens with one attached hydrogen (secondary N) is 1. The molecule has 0 aliphatic carbocycles. The number of non-ortho nitro benzene ring substituents is 1. The van der Waals surface area contributed by atoms with Gasteiger partial charge >= 0.3 is 0 Å². The van der Waals surface area contributed by atoms with Gasteiger partial charge in [-0.25, -0.2) is 0 Å². The molecule has 0 heterocycles. The van der Waals surface area contributed by atoms with Crippen molar-refractivity contribution in [1.29, 1.82) is 5.26 Å². The minimum atomic E-state index is -0.615. The van der Waals surface area contributed by atoms with E-state index in [4.69, 9.17) is 5.26 Å². The Kier molecular flexibility index (Phi) is 3.36. The first-order valence-electron chi connectivity index (χ1n) is 3.68. The van der Waals surface area contributed by atoms with E-state index in [0.29, 0.717) is 10.9 Å². The lowest BCUT2D eigenvalue weighted by atomic mass is 10.2. The summed E-state index contributed by atoms with van der Waals surface area (Å²) < 4.78 is 0.292. The summed E-state index contributed by atoms with van der Waals surface area (Å²) in [6.45, 7) is 0. The quantitative estimate of drug-likeness (QED) is 0.514. The van der Waals surface area contributed by atoms with E-state index in [0.717, 1.165) is 6.07 Å². The number of anilines is 1. The zero-order valence-electron chi connectivity index (χ0n) is 7.23. The third-order valence-corrected chi connectivity index (χ3v) is 2.23. The summed E-state index contributed by atoms with van der Waals surface area (Å²) >= 11 is 3.03. The van der Waals surface area contributed by atoms with Gasteiger partial charge in [0.15, 0.2) is 0 Å². The van der Waals surface area contributed by atoms with Crippen molar-refractivity contribution in [1.82, 2.24) is 0 Å². The molecule has 1 N–H and O–H groups in total. The van der Waals surface area contributed by atoms with Crippen LogP contribution in [0.15, 0.2) is 16.6 Å². The van der Waals surface area contributed by atoms with Gasteiger partial charge in [-0.2, -0.15) is 5.26 Å². The van der Waals surface area contributed by atoms with Crippen LogP contribution in [0.4, 0.5) is 11.4 Å². The van der Waals surface area contributed by atoms with Crippen LogP contribution in [0.1, 0.15) is 5.56 Å². The highest BCUT2D eigenvalue weighted by Crippen LogP contribution is 2.30. The van der Waals surface area contributed by atoms with Gasteiger partial charge in [-0.15, -0.1) is 0 Å². The van der Waals surface area contributed by atoms with Crippen molar-refractivity contribution in [3.8, 4) is 6.07 Å². The van der Waals surface area contributed by atoms with Crippen LogP contribution in [0.25, 0.3) is 0 Å². The summed E-state index contributed by atoms with van der Waals surface area (Å²) in [6.07, 6.45) is 0.396. The highest BCUT2D eigenvalue weighted by Gasteiger charge is 2.14. The van der Waals surface area contributed by atoms with Gasteiger partial charge in [0.25, 0.3) is 5.69 Å².